The molecule has 1 aromatic heterocycles. The molecule has 7 heteroatoms. The van der Waals surface area contributed by atoms with Crippen LogP contribution in [0.5, 0.6) is 0 Å². The van der Waals surface area contributed by atoms with Crippen LogP contribution >= 0.6 is 0 Å². The highest BCUT2D eigenvalue weighted by atomic mass is 16.6. The van der Waals surface area contributed by atoms with Crippen LogP contribution in [0.25, 0.3) is 0 Å². The molecule has 2 rings (SSSR count). The van der Waals surface area contributed by atoms with Gasteiger partial charge in [-0.2, -0.15) is 0 Å². The van der Waals surface area contributed by atoms with E-state index in [0.29, 0.717) is 12.6 Å². The van der Waals surface area contributed by atoms with Crippen LogP contribution in [0, 0.1) is 10.1 Å². The zero-order valence-corrected chi connectivity index (χ0v) is 12.4. The van der Waals surface area contributed by atoms with E-state index in [0.717, 1.165) is 6.54 Å². The third-order valence-corrected chi connectivity index (χ3v) is 3.97. The average Bonchev–Trinajstić information content (AvgIpc) is 2.95. The van der Waals surface area contributed by atoms with Gasteiger partial charge < -0.3 is 9.73 Å². The number of hydrogen-bond donors (Lipinski definition) is 1. The predicted octanol–water partition coefficient (Wildman–Crippen LogP) is 2.18. The summed E-state index contributed by atoms with van der Waals surface area (Å²) < 4.78 is 4.88. The standard InChI is InChI=1S/C14H21N3O4/c1-10-5-3-4-8-16(10)11(2)9-15-14(18)12-6-7-13(21-12)17(19)20/h6-7,10-11H,3-5,8-9H2,1-2H3,(H,15,18)/t10-,11+/m1/s1. The van der Waals surface area contributed by atoms with E-state index in [-0.39, 0.29) is 11.8 Å². The fraction of sp³-hybridized carbons (Fsp3) is 0.643. The number of nitrogens with one attached hydrogen (secondary N) is 1. The van der Waals surface area contributed by atoms with Gasteiger partial charge >= 0.3 is 5.88 Å². The van der Waals surface area contributed by atoms with E-state index < -0.39 is 16.7 Å². The fourth-order valence-electron chi connectivity index (χ4n) is 2.77. The Bertz CT molecular complexity index is 514. The summed E-state index contributed by atoms with van der Waals surface area (Å²) in [5.41, 5.74) is 0. The minimum absolute atomic E-state index is 0.0272. The molecule has 1 aliphatic heterocycles. The van der Waals surface area contributed by atoms with Crippen molar-refractivity contribution in [3.05, 3.63) is 28.0 Å². The van der Waals surface area contributed by atoms with Gasteiger partial charge in [0.2, 0.25) is 0 Å². The summed E-state index contributed by atoms with van der Waals surface area (Å²) in [5.74, 6) is -0.863. The van der Waals surface area contributed by atoms with Crippen molar-refractivity contribution in [2.75, 3.05) is 13.1 Å². The lowest BCUT2D eigenvalue weighted by molar-refractivity contribution is -0.402. The SMILES string of the molecule is C[C@@H]1CCCCN1[C@@H](C)CNC(=O)c1ccc([N+](=O)[O-])o1. The lowest BCUT2D eigenvalue weighted by Crippen LogP contribution is -2.48. The number of nitrogens with zero attached hydrogens (tertiary/aromatic N) is 2. The zero-order chi connectivity index (χ0) is 15.4. The van der Waals surface area contributed by atoms with Gasteiger partial charge in [0, 0.05) is 18.6 Å². The quantitative estimate of drug-likeness (QED) is 0.664. The molecule has 7 nitrogen and oxygen atoms in total. The molecule has 1 saturated heterocycles. The number of rotatable bonds is 5. The molecule has 0 bridgehead atoms. The number of carbonyl (C=O) groups is 1. The second kappa shape index (κ2) is 6.71. The summed E-state index contributed by atoms with van der Waals surface area (Å²) in [7, 11) is 0. The zero-order valence-electron chi connectivity index (χ0n) is 12.4. The summed E-state index contributed by atoms with van der Waals surface area (Å²) in [6.07, 6.45) is 3.63. The number of carbonyl (C=O) groups excluding carboxylic acids is 1. The van der Waals surface area contributed by atoms with E-state index in [1.54, 1.807) is 0 Å². The molecular formula is C14H21N3O4. The van der Waals surface area contributed by atoms with Gasteiger partial charge in [-0.25, -0.2) is 0 Å². The fourth-order valence-corrected chi connectivity index (χ4v) is 2.77. The minimum atomic E-state index is -0.658. The van der Waals surface area contributed by atoms with Crippen molar-refractivity contribution < 1.29 is 14.1 Å². The van der Waals surface area contributed by atoms with Crippen molar-refractivity contribution >= 4 is 11.8 Å². The molecule has 116 valence electrons. The molecular weight excluding hydrogens is 274 g/mol. The van der Waals surface area contributed by atoms with Crippen LogP contribution in [-0.4, -0.2) is 40.9 Å². The number of likely N-dealkylation sites (tertiary alicyclic amines) is 1. The molecule has 2 heterocycles. The molecule has 0 saturated carbocycles. The highest BCUT2D eigenvalue weighted by Gasteiger charge is 2.24. The first kappa shape index (κ1) is 15.5. The van der Waals surface area contributed by atoms with Gasteiger partial charge in [-0.15, -0.1) is 0 Å². The second-order valence-corrected chi connectivity index (χ2v) is 5.54. The summed E-state index contributed by atoms with van der Waals surface area (Å²) in [6.45, 7) is 5.82. The molecule has 0 aromatic carbocycles. The monoisotopic (exact) mass is 295 g/mol. The summed E-state index contributed by atoms with van der Waals surface area (Å²) in [4.78, 5) is 24.1. The Balaban J connectivity index is 1.86. The number of amides is 1. The first-order chi connectivity index (χ1) is 9.99. The predicted molar refractivity (Wildman–Crippen MR) is 77.2 cm³/mol. The largest absolute Gasteiger partial charge is 0.433 e. The topological polar surface area (TPSA) is 88.6 Å². The van der Waals surface area contributed by atoms with Gasteiger partial charge in [-0.3, -0.25) is 19.8 Å². The maximum absolute atomic E-state index is 11.9. The average molecular weight is 295 g/mol. The number of hydrogen-bond acceptors (Lipinski definition) is 5. The molecule has 1 amide bonds. The molecule has 0 radical (unpaired) electrons. The van der Waals surface area contributed by atoms with Crippen molar-refractivity contribution in [3.8, 4) is 0 Å². The Kier molecular flexibility index (Phi) is 4.95. The van der Waals surface area contributed by atoms with Gasteiger partial charge in [0.25, 0.3) is 5.91 Å². The van der Waals surface area contributed by atoms with Crippen molar-refractivity contribution in [2.24, 2.45) is 0 Å². The number of nitro groups is 1. The highest BCUT2D eigenvalue weighted by Crippen LogP contribution is 2.19. The Morgan fingerprint density at radius 3 is 2.95 bits per heavy atom. The molecule has 1 aliphatic rings. The smallest absolute Gasteiger partial charge is 0.395 e. The van der Waals surface area contributed by atoms with E-state index in [1.807, 2.05) is 0 Å². The van der Waals surface area contributed by atoms with Crippen molar-refractivity contribution in [1.29, 1.82) is 0 Å². The molecule has 21 heavy (non-hydrogen) atoms. The molecule has 1 N–H and O–H groups in total. The van der Waals surface area contributed by atoms with E-state index >= 15 is 0 Å². The number of piperidine rings is 1. The second-order valence-electron chi connectivity index (χ2n) is 5.54. The van der Waals surface area contributed by atoms with Crippen LogP contribution in [0.15, 0.2) is 16.5 Å². The van der Waals surface area contributed by atoms with Crippen LogP contribution in [0.1, 0.15) is 43.7 Å². The number of furan rings is 1. The normalized spacial score (nSPS) is 21.0. The Morgan fingerprint density at radius 2 is 2.33 bits per heavy atom. The van der Waals surface area contributed by atoms with Crippen molar-refractivity contribution in [3.63, 3.8) is 0 Å². The van der Waals surface area contributed by atoms with Gasteiger partial charge in [0.15, 0.2) is 5.76 Å². The van der Waals surface area contributed by atoms with Crippen LogP contribution in [0.2, 0.25) is 0 Å². The molecule has 0 aliphatic carbocycles. The molecule has 0 spiro atoms. The minimum Gasteiger partial charge on any atom is -0.395 e. The van der Waals surface area contributed by atoms with E-state index in [9.17, 15) is 14.9 Å². The third-order valence-electron chi connectivity index (χ3n) is 3.97. The third kappa shape index (κ3) is 3.81. The Hall–Kier alpha value is -1.89. The van der Waals surface area contributed by atoms with E-state index in [4.69, 9.17) is 4.42 Å². The van der Waals surface area contributed by atoms with Crippen LogP contribution in [0.4, 0.5) is 5.88 Å². The maximum Gasteiger partial charge on any atom is 0.433 e. The highest BCUT2D eigenvalue weighted by molar-refractivity contribution is 5.91. The van der Waals surface area contributed by atoms with Crippen LogP contribution < -0.4 is 5.32 Å². The molecule has 2 atom stereocenters. The lowest BCUT2D eigenvalue weighted by atomic mass is 10.0. The molecule has 1 aromatic rings. The van der Waals surface area contributed by atoms with Gasteiger partial charge in [0.05, 0.1) is 6.07 Å². The summed E-state index contributed by atoms with van der Waals surface area (Å²) in [5, 5.41) is 13.3. The first-order valence-corrected chi connectivity index (χ1v) is 7.27. The van der Waals surface area contributed by atoms with Gasteiger partial charge in [0.1, 0.15) is 4.92 Å². The van der Waals surface area contributed by atoms with Gasteiger partial charge in [-0.1, -0.05) is 6.42 Å². The van der Waals surface area contributed by atoms with E-state index in [2.05, 4.69) is 24.1 Å². The lowest BCUT2D eigenvalue weighted by Gasteiger charge is -2.38. The summed E-state index contributed by atoms with van der Waals surface area (Å²) in [6, 6.07) is 3.26. The van der Waals surface area contributed by atoms with Crippen LogP contribution in [0.3, 0.4) is 0 Å². The van der Waals surface area contributed by atoms with E-state index in [1.165, 1.54) is 31.4 Å². The van der Waals surface area contributed by atoms with Gasteiger partial charge in [-0.05, 0) is 39.3 Å². The maximum atomic E-state index is 11.9. The first-order valence-electron chi connectivity index (χ1n) is 7.27. The Labute approximate surface area is 123 Å². The summed E-state index contributed by atoms with van der Waals surface area (Å²) >= 11 is 0. The Morgan fingerprint density at radius 1 is 1.57 bits per heavy atom. The van der Waals surface area contributed by atoms with Crippen molar-refractivity contribution in [1.82, 2.24) is 10.2 Å². The molecule has 1 fully saturated rings. The van der Waals surface area contributed by atoms with Crippen LogP contribution in [-0.2, 0) is 0 Å². The van der Waals surface area contributed by atoms with Crippen molar-refractivity contribution in [2.45, 2.75) is 45.2 Å². The molecule has 0 unspecified atom stereocenters.